The molecule has 2 fully saturated rings. The molecule has 4 rings (SSSR count). The Balaban J connectivity index is 1.42. The molecule has 0 aromatic heterocycles. The van der Waals surface area contributed by atoms with Crippen LogP contribution in [-0.2, 0) is 16.0 Å². The number of hydrogen-bond donors (Lipinski definition) is 1. The summed E-state index contributed by atoms with van der Waals surface area (Å²) >= 11 is 0. The molecule has 4 heteroatoms. The lowest BCUT2D eigenvalue weighted by molar-refractivity contribution is -0.140. The molecule has 1 amide bonds. The van der Waals surface area contributed by atoms with Gasteiger partial charge in [0.1, 0.15) is 6.61 Å². The van der Waals surface area contributed by atoms with E-state index in [0.29, 0.717) is 0 Å². The van der Waals surface area contributed by atoms with E-state index in [1.165, 1.54) is 16.3 Å². The van der Waals surface area contributed by atoms with Crippen LogP contribution >= 0.6 is 0 Å². The highest BCUT2D eigenvalue weighted by Gasteiger charge is 2.34. The maximum atomic E-state index is 11.5. The number of amides is 1. The Bertz CT molecular complexity index is 710. The Kier molecular flexibility index (Phi) is 4.02. The lowest BCUT2D eigenvalue weighted by Gasteiger charge is -2.41. The van der Waals surface area contributed by atoms with Crippen LogP contribution < -0.4 is 5.32 Å². The van der Waals surface area contributed by atoms with Gasteiger partial charge in [-0.1, -0.05) is 42.5 Å². The fourth-order valence-electron chi connectivity index (χ4n) is 3.76. The molecule has 2 heterocycles. The highest BCUT2D eigenvalue weighted by atomic mass is 16.5. The van der Waals surface area contributed by atoms with Gasteiger partial charge in [0, 0.05) is 19.6 Å². The van der Waals surface area contributed by atoms with Gasteiger partial charge in [-0.2, -0.15) is 0 Å². The summed E-state index contributed by atoms with van der Waals surface area (Å²) in [4.78, 5) is 13.9. The Morgan fingerprint density at radius 2 is 2.04 bits per heavy atom. The quantitative estimate of drug-likeness (QED) is 0.942. The number of ether oxygens (including phenoxy) is 1. The van der Waals surface area contributed by atoms with E-state index >= 15 is 0 Å². The van der Waals surface area contributed by atoms with Crippen LogP contribution in [0.2, 0.25) is 0 Å². The molecule has 0 saturated carbocycles. The standard InChI is InChI=1S/C19H22N2O2/c22-19-13-23-18-9-11-21(12-17(18)20-19)10-8-15-6-3-5-14-4-1-2-7-16(14)15/h1-7,17-18H,8-13H2,(H,20,22)/t17-,18+/m0/s1. The molecule has 23 heavy (non-hydrogen) atoms. The van der Waals surface area contributed by atoms with Crippen molar-refractivity contribution in [1.82, 2.24) is 10.2 Å². The number of carbonyl (C=O) groups is 1. The summed E-state index contributed by atoms with van der Waals surface area (Å²) in [7, 11) is 0. The van der Waals surface area contributed by atoms with E-state index in [-0.39, 0.29) is 24.7 Å². The Labute approximate surface area is 136 Å². The smallest absolute Gasteiger partial charge is 0.246 e. The molecule has 2 aliphatic rings. The first-order valence-corrected chi connectivity index (χ1v) is 8.39. The highest BCUT2D eigenvalue weighted by Crippen LogP contribution is 2.21. The minimum absolute atomic E-state index is 0.0159. The van der Waals surface area contributed by atoms with Crippen molar-refractivity contribution in [3.8, 4) is 0 Å². The molecule has 2 aromatic carbocycles. The van der Waals surface area contributed by atoms with Crippen LogP contribution in [0.4, 0.5) is 0 Å². The summed E-state index contributed by atoms with van der Waals surface area (Å²) in [5.74, 6) is 0.0159. The predicted molar refractivity (Wildman–Crippen MR) is 90.4 cm³/mol. The molecule has 0 aliphatic carbocycles. The fraction of sp³-hybridized carbons (Fsp3) is 0.421. The van der Waals surface area contributed by atoms with Crippen molar-refractivity contribution in [2.75, 3.05) is 26.2 Å². The van der Waals surface area contributed by atoms with Gasteiger partial charge < -0.3 is 15.0 Å². The van der Waals surface area contributed by atoms with Crippen molar-refractivity contribution in [1.29, 1.82) is 0 Å². The maximum absolute atomic E-state index is 11.5. The molecule has 2 saturated heterocycles. The van der Waals surface area contributed by atoms with Gasteiger partial charge >= 0.3 is 0 Å². The molecule has 2 aliphatic heterocycles. The van der Waals surface area contributed by atoms with E-state index in [1.54, 1.807) is 0 Å². The zero-order valence-corrected chi connectivity index (χ0v) is 13.2. The van der Waals surface area contributed by atoms with Crippen molar-refractivity contribution in [3.63, 3.8) is 0 Å². The molecule has 0 unspecified atom stereocenters. The predicted octanol–water partition coefficient (Wildman–Crippen LogP) is 1.97. The third kappa shape index (κ3) is 3.09. The summed E-state index contributed by atoms with van der Waals surface area (Å²) in [5, 5.41) is 5.72. The average Bonchev–Trinajstić information content (AvgIpc) is 2.59. The van der Waals surface area contributed by atoms with Gasteiger partial charge in [-0.05, 0) is 29.2 Å². The van der Waals surface area contributed by atoms with Crippen molar-refractivity contribution in [3.05, 3.63) is 48.0 Å². The molecule has 0 radical (unpaired) electrons. The lowest BCUT2D eigenvalue weighted by Crippen LogP contribution is -2.60. The van der Waals surface area contributed by atoms with E-state index in [1.807, 2.05) is 0 Å². The molecule has 2 aromatic rings. The number of hydrogen-bond acceptors (Lipinski definition) is 3. The second-order valence-electron chi connectivity index (χ2n) is 6.50. The molecule has 1 N–H and O–H groups in total. The molecule has 0 spiro atoms. The van der Waals surface area contributed by atoms with Gasteiger partial charge in [0.15, 0.2) is 0 Å². The Hall–Kier alpha value is -1.91. The minimum atomic E-state index is 0.0159. The summed E-state index contributed by atoms with van der Waals surface area (Å²) in [6, 6.07) is 15.2. The largest absolute Gasteiger partial charge is 0.366 e. The van der Waals surface area contributed by atoms with E-state index < -0.39 is 0 Å². The highest BCUT2D eigenvalue weighted by molar-refractivity contribution is 5.85. The number of fused-ring (bicyclic) bond motifs is 2. The Morgan fingerprint density at radius 1 is 1.17 bits per heavy atom. The minimum Gasteiger partial charge on any atom is -0.366 e. The van der Waals surface area contributed by atoms with Crippen molar-refractivity contribution >= 4 is 16.7 Å². The first-order valence-electron chi connectivity index (χ1n) is 8.39. The molecular weight excluding hydrogens is 288 g/mol. The fourth-order valence-corrected chi connectivity index (χ4v) is 3.76. The van der Waals surface area contributed by atoms with Crippen LogP contribution in [0.15, 0.2) is 42.5 Å². The van der Waals surface area contributed by atoms with Gasteiger partial charge in [-0.15, -0.1) is 0 Å². The molecular formula is C19H22N2O2. The van der Waals surface area contributed by atoms with Gasteiger partial charge in [0.25, 0.3) is 0 Å². The van der Waals surface area contributed by atoms with Crippen molar-refractivity contribution < 1.29 is 9.53 Å². The lowest BCUT2D eigenvalue weighted by atomic mass is 9.98. The summed E-state index contributed by atoms with van der Waals surface area (Å²) in [5.41, 5.74) is 1.40. The summed E-state index contributed by atoms with van der Waals surface area (Å²) in [6.07, 6.45) is 2.23. The van der Waals surface area contributed by atoms with E-state index in [2.05, 4.69) is 52.7 Å². The van der Waals surface area contributed by atoms with Crippen LogP contribution in [0.25, 0.3) is 10.8 Å². The molecule has 4 nitrogen and oxygen atoms in total. The second-order valence-corrected chi connectivity index (χ2v) is 6.50. The van der Waals surface area contributed by atoms with E-state index in [0.717, 1.165) is 32.5 Å². The number of morpholine rings is 1. The van der Waals surface area contributed by atoms with Crippen LogP contribution in [0.5, 0.6) is 0 Å². The zero-order chi connectivity index (χ0) is 15.6. The number of nitrogens with zero attached hydrogens (tertiary/aromatic N) is 1. The second kappa shape index (κ2) is 6.30. The van der Waals surface area contributed by atoms with Crippen LogP contribution in [0, 0.1) is 0 Å². The maximum Gasteiger partial charge on any atom is 0.246 e. The summed E-state index contributed by atoms with van der Waals surface area (Å²) in [6.45, 7) is 3.17. The zero-order valence-electron chi connectivity index (χ0n) is 13.2. The Morgan fingerprint density at radius 3 is 3.00 bits per heavy atom. The first kappa shape index (κ1) is 14.7. The normalized spacial score (nSPS) is 25.1. The number of benzene rings is 2. The van der Waals surface area contributed by atoms with Gasteiger partial charge in [0.2, 0.25) is 5.91 Å². The van der Waals surface area contributed by atoms with Crippen LogP contribution in [0.1, 0.15) is 12.0 Å². The van der Waals surface area contributed by atoms with Gasteiger partial charge in [0.05, 0.1) is 12.1 Å². The third-order valence-corrected chi connectivity index (χ3v) is 4.99. The van der Waals surface area contributed by atoms with Crippen LogP contribution in [-0.4, -0.2) is 49.2 Å². The topological polar surface area (TPSA) is 41.6 Å². The SMILES string of the molecule is O=C1CO[C@@H]2CCN(CCc3cccc4ccccc34)C[C@@H]2N1. The number of nitrogens with one attached hydrogen (secondary N) is 1. The van der Waals surface area contributed by atoms with E-state index in [4.69, 9.17) is 4.74 Å². The number of piperidine rings is 1. The van der Waals surface area contributed by atoms with E-state index in [9.17, 15) is 4.79 Å². The van der Waals surface area contributed by atoms with Crippen LogP contribution in [0.3, 0.4) is 0 Å². The summed E-state index contributed by atoms with van der Waals surface area (Å²) < 4.78 is 5.62. The molecule has 0 bridgehead atoms. The number of carbonyl (C=O) groups excluding carboxylic acids is 1. The monoisotopic (exact) mass is 310 g/mol. The number of likely N-dealkylation sites (tertiary alicyclic amines) is 1. The molecule has 120 valence electrons. The number of rotatable bonds is 3. The molecule has 2 atom stereocenters. The average molecular weight is 310 g/mol. The van der Waals surface area contributed by atoms with Gasteiger partial charge in [-0.3, -0.25) is 4.79 Å². The third-order valence-electron chi connectivity index (χ3n) is 4.99. The van der Waals surface area contributed by atoms with Crippen molar-refractivity contribution in [2.45, 2.75) is 25.0 Å². The first-order chi connectivity index (χ1) is 11.3. The van der Waals surface area contributed by atoms with Gasteiger partial charge in [-0.25, -0.2) is 0 Å². The van der Waals surface area contributed by atoms with Crippen molar-refractivity contribution in [2.24, 2.45) is 0 Å².